The Balaban J connectivity index is 2.43. The Morgan fingerprint density at radius 2 is 2.29 bits per heavy atom. The van der Waals surface area contributed by atoms with Crippen molar-refractivity contribution in [2.75, 3.05) is 11.1 Å². The van der Waals surface area contributed by atoms with E-state index in [9.17, 15) is 14.7 Å². The molecule has 0 aliphatic rings. The number of thioether (sulfide) groups is 1. The van der Waals surface area contributed by atoms with E-state index < -0.39 is 5.97 Å². The largest absolute Gasteiger partial charge is 0.550 e. The standard InChI is InChI=1S/C10H14N2O3S2/c1-6(2)16-5-8(13)12-10-11-7(4-17-10)3-9(14)15/h4,6H,3,5H2,1-2H3,(H,14,15)(H,11,12,13)/p-1. The predicted molar refractivity (Wildman–Crippen MR) is 67.0 cm³/mol. The zero-order valence-corrected chi connectivity index (χ0v) is 11.2. The molecule has 0 radical (unpaired) electrons. The molecule has 0 aliphatic carbocycles. The highest BCUT2D eigenvalue weighted by Crippen LogP contribution is 2.16. The smallest absolute Gasteiger partial charge is 0.236 e. The molecule has 1 N–H and O–H groups in total. The number of amides is 1. The second-order valence-corrected chi connectivity index (χ2v) is 6.02. The summed E-state index contributed by atoms with van der Waals surface area (Å²) in [6, 6.07) is 0. The van der Waals surface area contributed by atoms with Crippen LogP contribution in [0.2, 0.25) is 0 Å². The quantitative estimate of drug-likeness (QED) is 0.817. The van der Waals surface area contributed by atoms with Gasteiger partial charge in [-0.2, -0.15) is 0 Å². The van der Waals surface area contributed by atoms with Crippen molar-refractivity contribution in [2.45, 2.75) is 25.5 Å². The minimum Gasteiger partial charge on any atom is -0.550 e. The number of aliphatic carboxylic acids is 1. The Labute approximate surface area is 108 Å². The number of nitrogens with zero attached hydrogens (tertiary/aromatic N) is 1. The molecule has 94 valence electrons. The van der Waals surface area contributed by atoms with Crippen LogP contribution in [0.25, 0.3) is 0 Å². The Morgan fingerprint density at radius 3 is 2.88 bits per heavy atom. The van der Waals surface area contributed by atoms with Crippen LogP contribution in [0, 0.1) is 0 Å². The Hall–Kier alpha value is -1.08. The number of aromatic nitrogens is 1. The maximum atomic E-state index is 11.5. The molecule has 1 amide bonds. The molecule has 1 aromatic rings. The predicted octanol–water partition coefficient (Wildman–Crippen LogP) is 0.516. The normalized spacial score (nSPS) is 10.5. The molecule has 0 atom stereocenters. The van der Waals surface area contributed by atoms with Crippen molar-refractivity contribution in [3.05, 3.63) is 11.1 Å². The number of hydrogen-bond donors (Lipinski definition) is 1. The van der Waals surface area contributed by atoms with E-state index in [2.05, 4.69) is 10.3 Å². The molecule has 1 heterocycles. The number of hydrogen-bond acceptors (Lipinski definition) is 6. The first kappa shape index (κ1) is 14.0. The second kappa shape index (κ2) is 6.61. The van der Waals surface area contributed by atoms with Gasteiger partial charge in [0.1, 0.15) is 0 Å². The van der Waals surface area contributed by atoms with Gasteiger partial charge in [0.05, 0.1) is 11.4 Å². The first-order valence-electron chi connectivity index (χ1n) is 5.03. The van der Waals surface area contributed by atoms with Crippen LogP contribution in [0.3, 0.4) is 0 Å². The van der Waals surface area contributed by atoms with Crippen molar-refractivity contribution >= 4 is 40.1 Å². The summed E-state index contributed by atoms with van der Waals surface area (Å²) < 4.78 is 0. The van der Waals surface area contributed by atoms with Gasteiger partial charge in [-0.15, -0.1) is 23.1 Å². The SMILES string of the molecule is CC(C)SCC(=O)Nc1nc(CC(=O)[O-])cs1. The molecule has 0 unspecified atom stereocenters. The van der Waals surface area contributed by atoms with Crippen LogP contribution in [0.4, 0.5) is 5.13 Å². The molecular formula is C10H13N2O3S2-. The zero-order chi connectivity index (χ0) is 12.8. The first-order valence-corrected chi connectivity index (χ1v) is 6.96. The summed E-state index contributed by atoms with van der Waals surface area (Å²) in [6.45, 7) is 4.03. The van der Waals surface area contributed by atoms with Crippen LogP contribution >= 0.6 is 23.1 Å². The lowest BCUT2D eigenvalue weighted by Gasteiger charge is -2.04. The van der Waals surface area contributed by atoms with Crippen molar-refractivity contribution in [3.63, 3.8) is 0 Å². The average molecular weight is 273 g/mol. The number of carbonyl (C=O) groups is 2. The number of nitrogens with one attached hydrogen (secondary N) is 1. The van der Waals surface area contributed by atoms with Crippen LogP contribution < -0.4 is 10.4 Å². The monoisotopic (exact) mass is 273 g/mol. The van der Waals surface area contributed by atoms with E-state index in [0.717, 1.165) is 0 Å². The van der Waals surface area contributed by atoms with Crippen LogP contribution in [0.1, 0.15) is 19.5 Å². The zero-order valence-electron chi connectivity index (χ0n) is 9.56. The van der Waals surface area contributed by atoms with Crippen LogP contribution in [-0.4, -0.2) is 27.9 Å². The first-order chi connectivity index (χ1) is 7.97. The molecule has 0 bridgehead atoms. The molecule has 1 rings (SSSR count). The van der Waals surface area contributed by atoms with Gasteiger partial charge in [0, 0.05) is 17.8 Å². The van der Waals surface area contributed by atoms with Gasteiger partial charge in [-0.1, -0.05) is 13.8 Å². The van der Waals surface area contributed by atoms with E-state index in [0.29, 0.717) is 21.8 Å². The fourth-order valence-electron chi connectivity index (χ4n) is 0.991. The number of rotatable bonds is 6. The molecule has 0 aliphatic heterocycles. The van der Waals surface area contributed by atoms with Gasteiger partial charge in [-0.3, -0.25) is 4.79 Å². The van der Waals surface area contributed by atoms with Gasteiger partial charge in [0.15, 0.2) is 5.13 Å². The van der Waals surface area contributed by atoms with Gasteiger partial charge >= 0.3 is 0 Å². The molecule has 1 aromatic heterocycles. The second-order valence-electron chi connectivity index (χ2n) is 3.60. The lowest BCUT2D eigenvalue weighted by Crippen LogP contribution is -2.24. The minimum atomic E-state index is -1.18. The highest BCUT2D eigenvalue weighted by Gasteiger charge is 2.07. The van der Waals surface area contributed by atoms with Crippen molar-refractivity contribution in [3.8, 4) is 0 Å². The molecular weight excluding hydrogens is 260 g/mol. The molecule has 0 aromatic carbocycles. The molecule has 0 saturated carbocycles. The molecule has 5 nitrogen and oxygen atoms in total. The van der Waals surface area contributed by atoms with E-state index in [-0.39, 0.29) is 12.3 Å². The number of anilines is 1. The Kier molecular flexibility index (Phi) is 5.43. The summed E-state index contributed by atoms with van der Waals surface area (Å²) in [7, 11) is 0. The van der Waals surface area contributed by atoms with E-state index in [1.165, 1.54) is 23.1 Å². The minimum absolute atomic E-state index is 0.127. The van der Waals surface area contributed by atoms with Crippen LogP contribution in [0.15, 0.2) is 5.38 Å². The van der Waals surface area contributed by atoms with Gasteiger partial charge in [-0.05, 0) is 5.25 Å². The van der Waals surface area contributed by atoms with E-state index in [1.54, 1.807) is 5.38 Å². The molecule has 0 saturated heterocycles. The Morgan fingerprint density at radius 1 is 1.59 bits per heavy atom. The third-order valence-corrected chi connectivity index (χ3v) is 3.57. The summed E-state index contributed by atoms with van der Waals surface area (Å²) in [5, 5.41) is 15.4. The topological polar surface area (TPSA) is 82.1 Å². The third-order valence-electron chi connectivity index (χ3n) is 1.67. The van der Waals surface area contributed by atoms with Gasteiger partial charge in [-0.25, -0.2) is 4.98 Å². The number of carbonyl (C=O) groups excluding carboxylic acids is 2. The fraction of sp³-hybridized carbons (Fsp3) is 0.500. The Bertz CT molecular complexity index is 404. The summed E-state index contributed by atoms with van der Waals surface area (Å²) in [6.07, 6.45) is -0.229. The summed E-state index contributed by atoms with van der Waals surface area (Å²) in [5.41, 5.74) is 0.404. The van der Waals surface area contributed by atoms with Gasteiger partial charge in [0.25, 0.3) is 0 Å². The molecule has 0 fully saturated rings. The van der Waals surface area contributed by atoms with E-state index in [4.69, 9.17) is 0 Å². The van der Waals surface area contributed by atoms with Crippen molar-refractivity contribution in [1.29, 1.82) is 0 Å². The van der Waals surface area contributed by atoms with Gasteiger partial charge in [0.2, 0.25) is 5.91 Å². The van der Waals surface area contributed by atoms with Crippen LogP contribution in [0.5, 0.6) is 0 Å². The number of carboxylic acid groups (broad SMARTS) is 1. The lowest BCUT2D eigenvalue weighted by molar-refractivity contribution is -0.304. The third kappa shape index (κ3) is 5.69. The number of carboxylic acids is 1. The van der Waals surface area contributed by atoms with Crippen molar-refractivity contribution < 1.29 is 14.7 Å². The maximum absolute atomic E-state index is 11.5. The summed E-state index contributed by atoms with van der Waals surface area (Å²) in [5.74, 6) is -0.936. The van der Waals surface area contributed by atoms with E-state index >= 15 is 0 Å². The lowest BCUT2D eigenvalue weighted by atomic mass is 10.3. The molecule has 7 heteroatoms. The van der Waals surface area contributed by atoms with Crippen LogP contribution in [-0.2, 0) is 16.0 Å². The highest BCUT2D eigenvalue weighted by molar-refractivity contribution is 8.00. The van der Waals surface area contributed by atoms with Crippen molar-refractivity contribution in [2.24, 2.45) is 0 Å². The molecule has 0 spiro atoms. The maximum Gasteiger partial charge on any atom is 0.236 e. The van der Waals surface area contributed by atoms with E-state index in [1.807, 2.05) is 13.8 Å². The summed E-state index contributed by atoms with van der Waals surface area (Å²) in [4.78, 5) is 25.8. The summed E-state index contributed by atoms with van der Waals surface area (Å²) >= 11 is 2.75. The fourth-order valence-corrected chi connectivity index (χ4v) is 2.27. The average Bonchev–Trinajstić information content (AvgIpc) is 2.61. The number of thiazole rings is 1. The van der Waals surface area contributed by atoms with Crippen molar-refractivity contribution in [1.82, 2.24) is 4.98 Å². The molecule has 17 heavy (non-hydrogen) atoms. The highest BCUT2D eigenvalue weighted by atomic mass is 32.2. The van der Waals surface area contributed by atoms with Gasteiger partial charge < -0.3 is 15.2 Å².